The van der Waals surface area contributed by atoms with E-state index in [-0.39, 0.29) is 5.91 Å². The monoisotopic (exact) mass is 368 g/mol. The maximum Gasteiger partial charge on any atom is 0.326 e. The molecule has 22 heavy (non-hydrogen) atoms. The zero-order valence-electron chi connectivity index (χ0n) is 12.8. The van der Waals surface area contributed by atoms with Gasteiger partial charge in [0.1, 0.15) is 12.1 Å². The fourth-order valence-corrected chi connectivity index (χ4v) is 3.15. The van der Waals surface area contributed by atoms with Gasteiger partial charge < -0.3 is 10.0 Å². The molecule has 120 valence electrons. The molecular weight excluding hydrogens is 348 g/mol. The predicted octanol–water partition coefficient (Wildman–Crippen LogP) is 2.52. The number of aliphatic carboxylic acids is 1. The van der Waals surface area contributed by atoms with Crippen molar-refractivity contribution in [1.29, 1.82) is 0 Å². The van der Waals surface area contributed by atoms with Gasteiger partial charge in [0.25, 0.3) is 0 Å². The molecule has 1 fully saturated rings. The van der Waals surface area contributed by atoms with E-state index < -0.39 is 18.1 Å². The molecule has 0 saturated carbocycles. The minimum absolute atomic E-state index is 0.171. The summed E-state index contributed by atoms with van der Waals surface area (Å²) in [6, 6.07) is 6.40. The highest BCUT2D eigenvalue weighted by atomic mass is 79.9. The van der Waals surface area contributed by atoms with Gasteiger partial charge in [0.2, 0.25) is 5.91 Å². The maximum atomic E-state index is 12.9. The molecule has 1 aromatic carbocycles. The number of carboxylic acid groups (broad SMARTS) is 1. The van der Waals surface area contributed by atoms with Gasteiger partial charge in [0.05, 0.1) is 0 Å². The summed E-state index contributed by atoms with van der Waals surface area (Å²) in [5.41, 5.74) is 0.894. The van der Waals surface area contributed by atoms with Crippen LogP contribution in [0.25, 0.3) is 0 Å². The highest BCUT2D eigenvalue weighted by Crippen LogP contribution is 2.29. The lowest BCUT2D eigenvalue weighted by Crippen LogP contribution is -2.46. The molecule has 1 saturated heterocycles. The molecule has 2 atom stereocenters. The summed E-state index contributed by atoms with van der Waals surface area (Å²) in [5.74, 6) is -1.17. The molecule has 1 aliphatic heterocycles. The molecular formula is C16H21BrN2O3. The first kappa shape index (κ1) is 17.0. The van der Waals surface area contributed by atoms with Crippen LogP contribution in [0.15, 0.2) is 28.7 Å². The average Bonchev–Trinajstić information content (AvgIpc) is 2.99. The number of nitrogens with zero attached hydrogens (tertiary/aromatic N) is 2. The van der Waals surface area contributed by atoms with Gasteiger partial charge in [0.15, 0.2) is 0 Å². The van der Waals surface area contributed by atoms with Gasteiger partial charge in [-0.05, 0) is 50.6 Å². The zero-order valence-corrected chi connectivity index (χ0v) is 14.4. The Morgan fingerprint density at radius 2 is 1.95 bits per heavy atom. The minimum atomic E-state index is -0.995. The van der Waals surface area contributed by atoms with Crippen molar-refractivity contribution in [1.82, 2.24) is 9.80 Å². The second-order valence-corrected chi connectivity index (χ2v) is 6.58. The van der Waals surface area contributed by atoms with Crippen LogP contribution in [0.1, 0.15) is 31.4 Å². The molecule has 5 nitrogen and oxygen atoms in total. The van der Waals surface area contributed by atoms with Crippen molar-refractivity contribution in [3.63, 3.8) is 0 Å². The fraction of sp³-hybridized carbons (Fsp3) is 0.500. The predicted molar refractivity (Wildman–Crippen MR) is 87.6 cm³/mol. The van der Waals surface area contributed by atoms with Gasteiger partial charge in [-0.1, -0.05) is 28.1 Å². The maximum absolute atomic E-state index is 12.9. The summed E-state index contributed by atoms with van der Waals surface area (Å²) in [4.78, 5) is 27.5. The third-order valence-electron chi connectivity index (χ3n) is 4.19. The number of likely N-dealkylation sites (tertiary alicyclic amines) is 1. The van der Waals surface area contributed by atoms with Gasteiger partial charge in [0, 0.05) is 11.5 Å². The Bertz CT molecular complexity index is 558. The number of hydrogen-bond acceptors (Lipinski definition) is 3. The van der Waals surface area contributed by atoms with Crippen molar-refractivity contribution in [2.24, 2.45) is 0 Å². The van der Waals surface area contributed by atoms with Crippen LogP contribution in [-0.4, -0.2) is 53.0 Å². The quantitative estimate of drug-likeness (QED) is 0.867. The van der Waals surface area contributed by atoms with Crippen LogP contribution in [-0.2, 0) is 9.59 Å². The van der Waals surface area contributed by atoms with E-state index in [1.54, 1.807) is 7.05 Å². The van der Waals surface area contributed by atoms with Crippen LogP contribution >= 0.6 is 15.9 Å². The van der Waals surface area contributed by atoms with Crippen LogP contribution in [0.3, 0.4) is 0 Å². The summed E-state index contributed by atoms with van der Waals surface area (Å²) in [7, 11) is 1.56. The second kappa shape index (κ2) is 7.24. The Morgan fingerprint density at radius 1 is 1.32 bits per heavy atom. The number of carboxylic acids is 1. The molecule has 0 aromatic heterocycles. The summed E-state index contributed by atoms with van der Waals surface area (Å²) in [6.07, 6.45) is 2.13. The largest absolute Gasteiger partial charge is 0.480 e. The van der Waals surface area contributed by atoms with Gasteiger partial charge in [-0.3, -0.25) is 9.69 Å². The lowest BCUT2D eigenvalue weighted by atomic mass is 10.0. The lowest BCUT2D eigenvalue weighted by Gasteiger charge is -2.32. The van der Waals surface area contributed by atoms with Crippen molar-refractivity contribution in [3.8, 4) is 0 Å². The molecule has 0 radical (unpaired) electrons. The Balaban J connectivity index is 2.32. The van der Waals surface area contributed by atoms with Gasteiger partial charge in [-0.25, -0.2) is 4.79 Å². The van der Waals surface area contributed by atoms with Crippen molar-refractivity contribution in [2.45, 2.75) is 31.8 Å². The van der Waals surface area contributed by atoms with E-state index in [4.69, 9.17) is 5.11 Å². The Hall–Kier alpha value is -1.40. The highest BCUT2D eigenvalue weighted by Gasteiger charge is 2.34. The molecule has 1 N–H and O–H groups in total. The van der Waals surface area contributed by atoms with E-state index in [1.165, 1.54) is 11.8 Å². The first-order valence-corrected chi connectivity index (χ1v) is 8.20. The number of halogens is 1. The average molecular weight is 369 g/mol. The molecule has 1 heterocycles. The van der Waals surface area contributed by atoms with Gasteiger partial charge >= 0.3 is 5.97 Å². The van der Waals surface area contributed by atoms with Gasteiger partial charge in [-0.15, -0.1) is 0 Å². The minimum Gasteiger partial charge on any atom is -0.480 e. The summed E-state index contributed by atoms with van der Waals surface area (Å²) < 4.78 is 0.913. The molecule has 0 aliphatic carbocycles. The number of likely N-dealkylation sites (N-methyl/N-ethyl adjacent to an activating group) is 1. The standard InChI is InChI=1S/C16H21BrN2O3/c1-11(16(21)22)18(2)15(20)14(19-8-3-4-9-19)12-6-5-7-13(17)10-12/h5-7,10-11,14H,3-4,8-9H2,1-2H3,(H,21,22)/t11-,14+/m1/s1. The van der Waals surface area contributed by atoms with E-state index in [2.05, 4.69) is 20.8 Å². The van der Waals surface area contributed by atoms with E-state index >= 15 is 0 Å². The summed E-state index contributed by atoms with van der Waals surface area (Å²) in [5, 5.41) is 9.15. The topological polar surface area (TPSA) is 60.9 Å². The number of rotatable bonds is 5. The first-order valence-electron chi connectivity index (χ1n) is 7.41. The van der Waals surface area contributed by atoms with Crippen LogP contribution < -0.4 is 0 Å². The molecule has 1 amide bonds. The van der Waals surface area contributed by atoms with Crippen LogP contribution in [0, 0.1) is 0 Å². The van der Waals surface area contributed by atoms with Crippen LogP contribution in [0.2, 0.25) is 0 Å². The molecule has 0 spiro atoms. The lowest BCUT2D eigenvalue weighted by molar-refractivity contribution is -0.150. The van der Waals surface area contributed by atoms with Crippen molar-refractivity contribution in [2.75, 3.05) is 20.1 Å². The Kier molecular flexibility index (Phi) is 5.58. The number of carbonyl (C=O) groups is 2. The number of carbonyl (C=O) groups excluding carboxylic acids is 1. The molecule has 1 aliphatic rings. The van der Waals surface area contributed by atoms with Crippen molar-refractivity contribution < 1.29 is 14.7 Å². The van der Waals surface area contributed by atoms with E-state index in [0.717, 1.165) is 36.0 Å². The smallest absolute Gasteiger partial charge is 0.326 e. The van der Waals surface area contributed by atoms with Gasteiger partial charge in [-0.2, -0.15) is 0 Å². The number of benzene rings is 1. The van der Waals surface area contributed by atoms with Crippen LogP contribution in [0.5, 0.6) is 0 Å². The molecule has 2 rings (SSSR count). The Morgan fingerprint density at radius 3 is 2.50 bits per heavy atom. The van der Waals surface area contributed by atoms with Crippen molar-refractivity contribution in [3.05, 3.63) is 34.3 Å². The fourth-order valence-electron chi connectivity index (χ4n) is 2.74. The van der Waals surface area contributed by atoms with E-state index in [0.29, 0.717) is 0 Å². The molecule has 1 aromatic rings. The SMILES string of the molecule is C[C@H](C(=O)O)N(C)C(=O)[C@H](c1cccc(Br)c1)N1CCCC1. The van der Waals surface area contributed by atoms with E-state index in [1.807, 2.05) is 24.3 Å². The third kappa shape index (κ3) is 3.67. The molecule has 6 heteroatoms. The zero-order chi connectivity index (χ0) is 16.3. The second-order valence-electron chi connectivity index (χ2n) is 5.66. The van der Waals surface area contributed by atoms with Crippen LogP contribution in [0.4, 0.5) is 0 Å². The third-order valence-corrected chi connectivity index (χ3v) is 4.68. The molecule has 0 bridgehead atoms. The summed E-state index contributed by atoms with van der Waals surface area (Å²) in [6.45, 7) is 3.25. The normalized spacial score (nSPS) is 18.0. The van der Waals surface area contributed by atoms with E-state index in [9.17, 15) is 9.59 Å². The number of hydrogen-bond donors (Lipinski definition) is 1. The Labute approximate surface area is 139 Å². The molecule has 0 unspecified atom stereocenters. The van der Waals surface area contributed by atoms with Crippen molar-refractivity contribution >= 4 is 27.8 Å². The first-order chi connectivity index (χ1) is 10.4. The highest BCUT2D eigenvalue weighted by molar-refractivity contribution is 9.10. The number of amides is 1. The summed E-state index contributed by atoms with van der Waals surface area (Å²) >= 11 is 3.44.